The molecule has 0 aliphatic carbocycles. The minimum atomic E-state index is -1.07. The van der Waals surface area contributed by atoms with E-state index >= 15 is 0 Å². The SMILES string of the molecule is CCC1CCN(C(=O)c2cc(F)ccc2O)C(C(=O)O)C1. The third kappa shape index (κ3) is 3.15. The number of benzene rings is 1. The van der Waals surface area contributed by atoms with Crippen LogP contribution in [-0.2, 0) is 4.79 Å². The monoisotopic (exact) mass is 295 g/mol. The summed E-state index contributed by atoms with van der Waals surface area (Å²) in [5.41, 5.74) is -0.198. The lowest BCUT2D eigenvalue weighted by Crippen LogP contribution is -2.50. The molecular weight excluding hydrogens is 277 g/mol. The number of hydrogen-bond acceptors (Lipinski definition) is 3. The number of aliphatic carboxylic acids is 1. The topological polar surface area (TPSA) is 77.8 Å². The predicted molar refractivity (Wildman–Crippen MR) is 73.5 cm³/mol. The maximum atomic E-state index is 13.2. The van der Waals surface area contributed by atoms with Gasteiger partial charge in [-0.15, -0.1) is 0 Å². The summed E-state index contributed by atoms with van der Waals surface area (Å²) in [6, 6.07) is 2.14. The number of carboxylic acid groups (broad SMARTS) is 1. The first-order chi connectivity index (χ1) is 9.93. The molecule has 1 saturated heterocycles. The van der Waals surface area contributed by atoms with Gasteiger partial charge in [0.2, 0.25) is 0 Å². The van der Waals surface area contributed by atoms with Crippen LogP contribution in [0.15, 0.2) is 18.2 Å². The molecule has 1 aromatic carbocycles. The van der Waals surface area contributed by atoms with Crippen molar-refractivity contribution in [2.24, 2.45) is 5.92 Å². The molecule has 0 spiro atoms. The summed E-state index contributed by atoms with van der Waals surface area (Å²) in [7, 11) is 0. The molecule has 1 aliphatic rings. The third-order valence-corrected chi connectivity index (χ3v) is 4.02. The first-order valence-corrected chi connectivity index (χ1v) is 6.96. The van der Waals surface area contributed by atoms with Crippen LogP contribution in [0.3, 0.4) is 0 Å². The molecule has 21 heavy (non-hydrogen) atoms. The number of piperidine rings is 1. The first-order valence-electron chi connectivity index (χ1n) is 6.96. The fourth-order valence-electron chi connectivity index (χ4n) is 2.72. The normalized spacial score (nSPS) is 22.1. The van der Waals surface area contributed by atoms with Gasteiger partial charge in [0.25, 0.3) is 5.91 Å². The minimum Gasteiger partial charge on any atom is -0.507 e. The molecule has 2 rings (SSSR count). The van der Waals surface area contributed by atoms with Crippen molar-refractivity contribution in [1.29, 1.82) is 0 Å². The molecule has 1 heterocycles. The predicted octanol–water partition coefficient (Wildman–Crippen LogP) is 2.25. The smallest absolute Gasteiger partial charge is 0.326 e. The number of amides is 1. The maximum Gasteiger partial charge on any atom is 0.326 e. The molecular formula is C15H18FNO4. The van der Waals surface area contributed by atoms with Crippen molar-refractivity contribution < 1.29 is 24.2 Å². The van der Waals surface area contributed by atoms with Crippen molar-refractivity contribution in [3.8, 4) is 5.75 Å². The fourth-order valence-corrected chi connectivity index (χ4v) is 2.72. The van der Waals surface area contributed by atoms with E-state index in [1.54, 1.807) is 0 Å². The molecule has 0 bridgehead atoms. The number of aromatic hydroxyl groups is 1. The molecule has 6 heteroatoms. The summed E-state index contributed by atoms with van der Waals surface area (Å²) in [6.07, 6.45) is 1.95. The highest BCUT2D eigenvalue weighted by molar-refractivity contribution is 5.99. The van der Waals surface area contributed by atoms with E-state index in [2.05, 4.69) is 0 Å². The lowest BCUT2D eigenvalue weighted by atomic mass is 9.88. The van der Waals surface area contributed by atoms with Crippen LogP contribution in [-0.4, -0.2) is 39.6 Å². The van der Waals surface area contributed by atoms with Crippen LogP contribution in [0.1, 0.15) is 36.5 Å². The third-order valence-electron chi connectivity index (χ3n) is 4.02. The van der Waals surface area contributed by atoms with Crippen molar-refractivity contribution in [3.05, 3.63) is 29.6 Å². The summed E-state index contributed by atoms with van der Waals surface area (Å²) in [6.45, 7) is 2.28. The standard InChI is InChI=1S/C15H18FNO4/c1-2-9-5-6-17(12(7-9)15(20)21)14(19)11-8-10(16)3-4-13(11)18/h3-4,8-9,12,18H,2,5-7H2,1H3,(H,20,21). The van der Waals surface area contributed by atoms with Crippen LogP contribution >= 0.6 is 0 Å². The van der Waals surface area contributed by atoms with Crippen LogP contribution in [0.25, 0.3) is 0 Å². The average molecular weight is 295 g/mol. The molecule has 114 valence electrons. The molecule has 0 aromatic heterocycles. The van der Waals surface area contributed by atoms with E-state index in [-0.39, 0.29) is 17.2 Å². The second kappa shape index (κ2) is 6.11. The fraction of sp³-hybridized carbons (Fsp3) is 0.467. The number of phenolic OH excluding ortho intramolecular Hbond substituents is 1. The van der Waals surface area contributed by atoms with Crippen LogP contribution in [0.2, 0.25) is 0 Å². The Bertz CT molecular complexity index is 561. The van der Waals surface area contributed by atoms with E-state index in [1.807, 2.05) is 6.92 Å². The Kier molecular flexibility index (Phi) is 4.45. The van der Waals surface area contributed by atoms with E-state index in [9.17, 15) is 24.2 Å². The largest absolute Gasteiger partial charge is 0.507 e. The van der Waals surface area contributed by atoms with E-state index in [0.29, 0.717) is 19.4 Å². The summed E-state index contributed by atoms with van der Waals surface area (Å²) < 4.78 is 13.2. The van der Waals surface area contributed by atoms with Crippen LogP contribution in [0.4, 0.5) is 4.39 Å². The number of likely N-dealkylation sites (tertiary alicyclic amines) is 1. The highest BCUT2D eigenvalue weighted by Crippen LogP contribution is 2.29. The molecule has 1 fully saturated rings. The Hall–Kier alpha value is -2.11. The first kappa shape index (κ1) is 15.3. The lowest BCUT2D eigenvalue weighted by molar-refractivity contribution is -0.144. The second-order valence-corrected chi connectivity index (χ2v) is 5.31. The van der Waals surface area contributed by atoms with E-state index in [4.69, 9.17) is 0 Å². The second-order valence-electron chi connectivity index (χ2n) is 5.31. The zero-order chi connectivity index (χ0) is 15.6. The van der Waals surface area contributed by atoms with Crippen LogP contribution in [0.5, 0.6) is 5.75 Å². The number of rotatable bonds is 3. The van der Waals surface area contributed by atoms with Crippen molar-refractivity contribution in [1.82, 2.24) is 4.90 Å². The Morgan fingerprint density at radius 1 is 1.43 bits per heavy atom. The molecule has 2 N–H and O–H groups in total. The zero-order valence-electron chi connectivity index (χ0n) is 11.8. The van der Waals surface area contributed by atoms with Gasteiger partial charge in [0.15, 0.2) is 0 Å². The number of hydrogen-bond donors (Lipinski definition) is 2. The molecule has 1 amide bonds. The molecule has 0 radical (unpaired) electrons. The van der Waals surface area contributed by atoms with Crippen LogP contribution < -0.4 is 0 Å². The summed E-state index contributed by atoms with van der Waals surface area (Å²) in [4.78, 5) is 25.0. The van der Waals surface area contributed by atoms with Gasteiger partial charge in [0, 0.05) is 6.54 Å². The molecule has 1 aliphatic heterocycles. The van der Waals surface area contributed by atoms with Crippen molar-refractivity contribution >= 4 is 11.9 Å². The molecule has 2 unspecified atom stereocenters. The number of carbonyl (C=O) groups excluding carboxylic acids is 1. The van der Waals surface area contributed by atoms with Crippen molar-refractivity contribution in [2.45, 2.75) is 32.2 Å². The maximum absolute atomic E-state index is 13.2. The van der Waals surface area contributed by atoms with Gasteiger partial charge >= 0.3 is 5.97 Å². The van der Waals surface area contributed by atoms with Gasteiger partial charge in [-0.3, -0.25) is 4.79 Å². The van der Waals surface area contributed by atoms with Gasteiger partial charge in [-0.2, -0.15) is 0 Å². The van der Waals surface area contributed by atoms with Gasteiger partial charge in [-0.05, 0) is 37.0 Å². The quantitative estimate of drug-likeness (QED) is 0.896. The highest BCUT2D eigenvalue weighted by atomic mass is 19.1. The van der Waals surface area contributed by atoms with Gasteiger partial charge in [0.1, 0.15) is 17.6 Å². The zero-order valence-corrected chi connectivity index (χ0v) is 11.8. The molecule has 0 saturated carbocycles. The van der Waals surface area contributed by atoms with Gasteiger partial charge in [0.05, 0.1) is 5.56 Å². The Balaban J connectivity index is 2.28. The van der Waals surface area contributed by atoms with Crippen molar-refractivity contribution in [2.75, 3.05) is 6.54 Å². The molecule has 5 nitrogen and oxygen atoms in total. The number of carboxylic acids is 1. The molecule has 1 aromatic rings. The van der Waals surface area contributed by atoms with Gasteiger partial charge < -0.3 is 15.1 Å². The number of phenols is 1. The number of halogens is 1. The number of carbonyl (C=O) groups is 2. The summed E-state index contributed by atoms with van der Waals surface area (Å²) >= 11 is 0. The van der Waals surface area contributed by atoms with E-state index < -0.39 is 23.7 Å². The molecule has 2 atom stereocenters. The highest BCUT2D eigenvalue weighted by Gasteiger charge is 2.36. The van der Waals surface area contributed by atoms with Crippen molar-refractivity contribution in [3.63, 3.8) is 0 Å². The van der Waals surface area contributed by atoms with Gasteiger partial charge in [-0.25, -0.2) is 9.18 Å². The summed E-state index contributed by atoms with van der Waals surface area (Å²) in [5.74, 6) is -2.45. The Morgan fingerprint density at radius 2 is 2.14 bits per heavy atom. The average Bonchev–Trinajstić information content (AvgIpc) is 2.48. The van der Waals surface area contributed by atoms with E-state index in [0.717, 1.165) is 24.6 Å². The number of nitrogens with zero attached hydrogens (tertiary/aromatic N) is 1. The Morgan fingerprint density at radius 3 is 2.76 bits per heavy atom. The van der Waals surface area contributed by atoms with Gasteiger partial charge in [-0.1, -0.05) is 13.3 Å². The minimum absolute atomic E-state index is 0.198. The Labute approximate surface area is 122 Å². The lowest BCUT2D eigenvalue weighted by Gasteiger charge is -2.37. The van der Waals surface area contributed by atoms with E-state index in [1.165, 1.54) is 4.90 Å². The summed E-state index contributed by atoms with van der Waals surface area (Å²) in [5, 5.41) is 19.0. The van der Waals surface area contributed by atoms with Crippen LogP contribution in [0, 0.1) is 11.7 Å².